The third-order valence-electron chi connectivity index (χ3n) is 3.60. The molecule has 2 rings (SSSR count). The summed E-state index contributed by atoms with van der Waals surface area (Å²) < 4.78 is 5.53. The van der Waals surface area contributed by atoms with E-state index in [4.69, 9.17) is 16.3 Å². The Balaban J connectivity index is 1.87. The molecule has 1 amide bonds. The monoisotopic (exact) mass is 317 g/mol. The van der Waals surface area contributed by atoms with Crippen molar-refractivity contribution in [3.8, 4) is 5.75 Å². The van der Waals surface area contributed by atoms with Gasteiger partial charge in [-0.2, -0.15) is 0 Å². The molecule has 0 unspecified atom stereocenters. The first-order valence-electron chi connectivity index (χ1n) is 7.20. The molecule has 0 radical (unpaired) electrons. The van der Waals surface area contributed by atoms with Crippen LogP contribution in [0.25, 0.3) is 0 Å². The minimum absolute atomic E-state index is 0.000427. The number of nitrogens with one attached hydrogen (secondary N) is 1. The van der Waals surface area contributed by atoms with Crippen LogP contribution in [0.15, 0.2) is 42.5 Å². The van der Waals surface area contributed by atoms with Crippen molar-refractivity contribution in [3.05, 3.63) is 64.2 Å². The Kier molecular flexibility index (Phi) is 5.45. The predicted octanol–water partition coefficient (Wildman–Crippen LogP) is 4.21. The van der Waals surface area contributed by atoms with Crippen molar-refractivity contribution in [2.45, 2.75) is 26.8 Å². The van der Waals surface area contributed by atoms with E-state index in [1.165, 1.54) is 5.56 Å². The quantitative estimate of drug-likeness (QED) is 0.897. The first-order chi connectivity index (χ1) is 10.5. The molecule has 0 aliphatic rings. The van der Waals surface area contributed by atoms with Gasteiger partial charge in [0, 0.05) is 5.02 Å². The average Bonchev–Trinajstić information content (AvgIpc) is 2.49. The molecular weight excluding hydrogens is 298 g/mol. The molecule has 0 heterocycles. The predicted molar refractivity (Wildman–Crippen MR) is 89.4 cm³/mol. The number of rotatable bonds is 5. The zero-order valence-electron chi connectivity index (χ0n) is 13.0. The zero-order chi connectivity index (χ0) is 16.1. The van der Waals surface area contributed by atoms with Crippen LogP contribution < -0.4 is 10.1 Å². The number of carbonyl (C=O) groups is 1. The van der Waals surface area contributed by atoms with E-state index < -0.39 is 0 Å². The van der Waals surface area contributed by atoms with Crippen LogP contribution in [0.4, 0.5) is 0 Å². The second kappa shape index (κ2) is 7.32. The maximum Gasteiger partial charge on any atom is 0.258 e. The molecule has 4 heteroatoms. The highest BCUT2D eigenvalue weighted by molar-refractivity contribution is 6.30. The number of amides is 1. The summed E-state index contributed by atoms with van der Waals surface area (Å²) in [5.41, 5.74) is 3.35. The zero-order valence-corrected chi connectivity index (χ0v) is 13.8. The van der Waals surface area contributed by atoms with Gasteiger partial charge in [-0.1, -0.05) is 29.8 Å². The van der Waals surface area contributed by atoms with E-state index in [0.29, 0.717) is 10.8 Å². The summed E-state index contributed by atoms with van der Waals surface area (Å²) in [7, 11) is 0. The van der Waals surface area contributed by atoms with Crippen molar-refractivity contribution >= 4 is 17.5 Å². The Morgan fingerprint density at radius 1 is 1.14 bits per heavy atom. The molecule has 0 fully saturated rings. The molecule has 0 spiro atoms. The average molecular weight is 318 g/mol. The van der Waals surface area contributed by atoms with Gasteiger partial charge in [0.15, 0.2) is 6.61 Å². The standard InChI is InChI=1S/C18H20ClNO2/c1-12-4-9-17(10-13(12)2)22-11-18(21)20-14(3)15-5-7-16(19)8-6-15/h4-10,14H,11H2,1-3H3,(H,20,21)/t14-/m1/s1. The van der Waals surface area contributed by atoms with E-state index in [0.717, 1.165) is 11.1 Å². The van der Waals surface area contributed by atoms with Crippen LogP contribution in [0, 0.1) is 13.8 Å². The van der Waals surface area contributed by atoms with Gasteiger partial charge >= 0.3 is 0 Å². The topological polar surface area (TPSA) is 38.3 Å². The van der Waals surface area contributed by atoms with Crippen LogP contribution in [0.3, 0.4) is 0 Å². The number of hydrogen-bond donors (Lipinski definition) is 1. The van der Waals surface area contributed by atoms with Gasteiger partial charge in [-0.15, -0.1) is 0 Å². The van der Waals surface area contributed by atoms with Crippen molar-refractivity contribution in [2.75, 3.05) is 6.61 Å². The van der Waals surface area contributed by atoms with Crippen LogP contribution >= 0.6 is 11.6 Å². The summed E-state index contributed by atoms with van der Waals surface area (Å²) in [4.78, 5) is 12.0. The van der Waals surface area contributed by atoms with Gasteiger partial charge in [0.1, 0.15) is 5.75 Å². The minimum Gasteiger partial charge on any atom is -0.484 e. The summed E-state index contributed by atoms with van der Waals surface area (Å²) in [5, 5.41) is 3.59. The van der Waals surface area contributed by atoms with Crippen LogP contribution in [0.1, 0.15) is 29.7 Å². The highest BCUT2D eigenvalue weighted by Crippen LogP contribution is 2.17. The van der Waals surface area contributed by atoms with Gasteiger partial charge in [0.2, 0.25) is 0 Å². The normalized spacial score (nSPS) is 11.8. The van der Waals surface area contributed by atoms with Crippen LogP contribution in [-0.4, -0.2) is 12.5 Å². The number of hydrogen-bond acceptors (Lipinski definition) is 2. The van der Waals surface area contributed by atoms with Gasteiger partial charge in [0.25, 0.3) is 5.91 Å². The van der Waals surface area contributed by atoms with Gasteiger partial charge in [-0.05, 0) is 61.7 Å². The van der Waals surface area contributed by atoms with Crippen LogP contribution in [0.2, 0.25) is 5.02 Å². The molecule has 3 nitrogen and oxygen atoms in total. The SMILES string of the molecule is Cc1ccc(OCC(=O)N[C@H](C)c2ccc(Cl)cc2)cc1C. The molecule has 2 aromatic carbocycles. The lowest BCUT2D eigenvalue weighted by Gasteiger charge is -2.15. The molecule has 22 heavy (non-hydrogen) atoms. The fourth-order valence-corrected chi connectivity index (χ4v) is 2.20. The Hall–Kier alpha value is -2.00. The maximum absolute atomic E-state index is 12.0. The summed E-state index contributed by atoms with van der Waals surface area (Å²) in [6, 6.07) is 13.1. The molecule has 0 aliphatic heterocycles. The highest BCUT2D eigenvalue weighted by atomic mass is 35.5. The molecule has 0 bridgehead atoms. The van der Waals surface area contributed by atoms with Gasteiger partial charge in [-0.25, -0.2) is 0 Å². The molecule has 0 saturated heterocycles. The van der Waals surface area contributed by atoms with Crippen molar-refractivity contribution < 1.29 is 9.53 Å². The van der Waals surface area contributed by atoms with E-state index in [9.17, 15) is 4.79 Å². The van der Waals surface area contributed by atoms with Gasteiger partial charge in [-0.3, -0.25) is 4.79 Å². The molecule has 0 aromatic heterocycles. The summed E-state index contributed by atoms with van der Waals surface area (Å²) in [6.07, 6.45) is 0. The second-order valence-electron chi connectivity index (χ2n) is 5.38. The minimum atomic E-state index is -0.152. The van der Waals surface area contributed by atoms with Crippen molar-refractivity contribution in [2.24, 2.45) is 0 Å². The number of carbonyl (C=O) groups excluding carboxylic acids is 1. The van der Waals surface area contributed by atoms with Crippen molar-refractivity contribution in [1.82, 2.24) is 5.32 Å². The first kappa shape index (κ1) is 16.4. The first-order valence-corrected chi connectivity index (χ1v) is 7.58. The molecule has 1 atom stereocenters. The van der Waals surface area contributed by atoms with Crippen molar-refractivity contribution in [1.29, 1.82) is 0 Å². The van der Waals surface area contributed by atoms with Crippen molar-refractivity contribution in [3.63, 3.8) is 0 Å². The smallest absolute Gasteiger partial charge is 0.258 e. The number of ether oxygens (including phenoxy) is 1. The Labute approximate surface area is 136 Å². The highest BCUT2D eigenvalue weighted by Gasteiger charge is 2.10. The molecule has 0 aliphatic carbocycles. The molecular formula is C18H20ClNO2. The lowest BCUT2D eigenvalue weighted by molar-refractivity contribution is -0.123. The summed E-state index contributed by atoms with van der Waals surface area (Å²) in [6.45, 7) is 5.99. The molecule has 0 saturated carbocycles. The van der Waals surface area contributed by atoms with E-state index in [1.54, 1.807) is 0 Å². The molecule has 2 aromatic rings. The second-order valence-corrected chi connectivity index (χ2v) is 5.81. The lowest BCUT2D eigenvalue weighted by Crippen LogP contribution is -2.31. The third-order valence-corrected chi connectivity index (χ3v) is 3.85. The number of aryl methyl sites for hydroxylation is 2. The fraction of sp³-hybridized carbons (Fsp3) is 0.278. The van der Waals surface area contributed by atoms with E-state index >= 15 is 0 Å². The Morgan fingerprint density at radius 2 is 1.82 bits per heavy atom. The van der Waals surface area contributed by atoms with Crippen LogP contribution in [0.5, 0.6) is 5.75 Å². The molecule has 116 valence electrons. The largest absolute Gasteiger partial charge is 0.484 e. The summed E-state index contributed by atoms with van der Waals surface area (Å²) >= 11 is 5.86. The fourth-order valence-electron chi connectivity index (χ4n) is 2.07. The number of benzene rings is 2. The maximum atomic E-state index is 12.0. The van der Waals surface area contributed by atoms with Gasteiger partial charge < -0.3 is 10.1 Å². The lowest BCUT2D eigenvalue weighted by atomic mass is 10.1. The van der Waals surface area contributed by atoms with Gasteiger partial charge in [0.05, 0.1) is 6.04 Å². The Bertz CT molecular complexity index is 653. The van der Waals surface area contributed by atoms with E-state index in [-0.39, 0.29) is 18.6 Å². The van der Waals surface area contributed by atoms with Crippen LogP contribution in [-0.2, 0) is 4.79 Å². The Morgan fingerprint density at radius 3 is 2.45 bits per heavy atom. The summed E-state index contributed by atoms with van der Waals surface area (Å²) in [5.74, 6) is 0.554. The van der Waals surface area contributed by atoms with E-state index in [2.05, 4.69) is 5.32 Å². The molecule has 1 N–H and O–H groups in total. The van der Waals surface area contributed by atoms with E-state index in [1.807, 2.05) is 63.2 Å². The third kappa shape index (κ3) is 4.50. The number of halogens is 1.